The molecule has 2 aromatic carbocycles. The molecule has 6 aromatic rings. The molecule has 0 bridgehead atoms. The number of nitrogens with zero attached hydrogens (tertiary/aromatic N) is 5. The van der Waals surface area contributed by atoms with Crippen LogP contribution in [0, 0.1) is 13.8 Å². The average molecular weight is 1120 g/mol. The number of aryl methyl sites for hydroxylation is 4. The van der Waals surface area contributed by atoms with Gasteiger partial charge in [0.2, 0.25) is 11.8 Å². The first-order valence-electron chi connectivity index (χ1n) is 26.0. The summed E-state index contributed by atoms with van der Waals surface area (Å²) >= 11 is 0. The molecule has 2 aliphatic rings. The average Bonchev–Trinajstić information content (AvgIpc) is 4.03. The van der Waals surface area contributed by atoms with Crippen LogP contribution in [0.1, 0.15) is 114 Å². The van der Waals surface area contributed by atoms with Crippen molar-refractivity contribution in [3.05, 3.63) is 143 Å². The molecule has 2 fully saturated rings. The van der Waals surface area contributed by atoms with Gasteiger partial charge >= 0.3 is 18.2 Å². The fourth-order valence-corrected chi connectivity index (χ4v) is 8.14. The molecule has 3 amide bonds. The molecule has 0 aliphatic carbocycles. The van der Waals surface area contributed by atoms with Crippen molar-refractivity contribution in [2.24, 2.45) is 0 Å². The second-order valence-corrected chi connectivity index (χ2v) is 19.7. The fourth-order valence-electron chi connectivity index (χ4n) is 8.14. The summed E-state index contributed by atoms with van der Waals surface area (Å²) in [4.78, 5) is 65.2. The van der Waals surface area contributed by atoms with E-state index in [1.807, 2.05) is 83.1 Å². The third-order valence-corrected chi connectivity index (χ3v) is 12.4. The van der Waals surface area contributed by atoms with E-state index in [1.165, 1.54) is 0 Å². The van der Waals surface area contributed by atoms with Gasteiger partial charge in [-0.25, -0.2) is 19.6 Å². The van der Waals surface area contributed by atoms with Gasteiger partial charge in [0.1, 0.15) is 17.1 Å². The van der Waals surface area contributed by atoms with Gasteiger partial charge in [-0.2, -0.15) is 13.2 Å². The molecule has 426 valence electrons. The highest BCUT2D eigenvalue weighted by molar-refractivity contribution is 5.95. The van der Waals surface area contributed by atoms with E-state index in [-0.39, 0.29) is 36.4 Å². The van der Waals surface area contributed by atoms with Crippen LogP contribution in [0.3, 0.4) is 0 Å². The molecule has 0 atom stereocenters. The highest BCUT2D eigenvalue weighted by Gasteiger charge is 2.38. The number of carbonyl (C=O) groups is 4. The summed E-state index contributed by atoms with van der Waals surface area (Å²) in [5.41, 5.74) is 6.14. The number of piperidine rings is 2. The zero-order valence-corrected chi connectivity index (χ0v) is 45.9. The molecule has 8 rings (SSSR count). The Kier molecular flexibility index (Phi) is 24.4. The van der Waals surface area contributed by atoms with E-state index in [4.69, 9.17) is 32.9 Å². The summed E-state index contributed by atoms with van der Waals surface area (Å²) in [6.07, 6.45) is 9.21. The SMILES string of the molecule is Cc1oc(-c2ccc(C(=O)NCc3cccnc3)cc2)nc1CCCOC1CCN(C(=O)OC(C)(C)C)CC1.Cc1oc(-c2ccc(C(=O)NCc3cccnc3)cc2)nc1CCCOC1CCNCC1.Cl.O=C(O)C(F)(F)F. The Morgan fingerprint density at radius 3 is 1.48 bits per heavy atom. The zero-order valence-electron chi connectivity index (χ0n) is 45.1. The van der Waals surface area contributed by atoms with E-state index in [2.05, 4.69) is 35.9 Å². The Morgan fingerprint density at radius 2 is 1.10 bits per heavy atom. The molecular weight excluding hydrogens is 1050 g/mol. The van der Waals surface area contributed by atoms with Gasteiger partial charge in [-0.3, -0.25) is 19.6 Å². The number of amides is 3. The molecular formula is C57H70ClF3N8O10. The van der Waals surface area contributed by atoms with Gasteiger partial charge < -0.3 is 49.0 Å². The Bertz CT molecular complexity index is 2820. The summed E-state index contributed by atoms with van der Waals surface area (Å²) in [5, 5.41) is 16.3. The number of halogens is 4. The van der Waals surface area contributed by atoms with E-state index in [0.29, 0.717) is 61.8 Å². The second-order valence-electron chi connectivity index (χ2n) is 19.7. The molecule has 4 N–H and O–H groups in total. The lowest BCUT2D eigenvalue weighted by molar-refractivity contribution is -0.192. The number of hydrogen-bond acceptors (Lipinski definition) is 14. The van der Waals surface area contributed by atoms with Crippen LogP contribution in [0.25, 0.3) is 22.9 Å². The summed E-state index contributed by atoms with van der Waals surface area (Å²) in [5.74, 6) is -0.287. The number of carboxylic acid groups (broad SMARTS) is 1. The number of likely N-dealkylation sites (tertiary alicyclic amines) is 1. The molecule has 4 aromatic heterocycles. The van der Waals surface area contributed by atoms with Crippen molar-refractivity contribution in [1.29, 1.82) is 0 Å². The molecule has 2 saturated heterocycles. The number of ether oxygens (including phenoxy) is 3. The highest BCUT2D eigenvalue weighted by atomic mass is 35.5. The van der Waals surface area contributed by atoms with E-state index in [9.17, 15) is 27.6 Å². The van der Waals surface area contributed by atoms with Crippen LogP contribution >= 0.6 is 12.4 Å². The Labute approximate surface area is 464 Å². The van der Waals surface area contributed by atoms with E-state index < -0.39 is 17.7 Å². The Morgan fingerprint density at radius 1 is 0.684 bits per heavy atom. The summed E-state index contributed by atoms with van der Waals surface area (Å²) in [6.45, 7) is 15.1. The van der Waals surface area contributed by atoms with Crippen LogP contribution in [-0.2, 0) is 44.9 Å². The molecule has 22 heteroatoms. The fraction of sp³-hybridized carbons (Fsp3) is 0.439. The monoisotopic (exact) mass is 1120 g/mol. The number of aromatic nitrogens is 4. The lowest BCUT2D eigenvalue weighted by Gasteiger charge is -2.33. The van der Waals surface area contributed by atoms with Crippen LogP contribution < -0.4 is 16.0 Å². The number of alkyl halides is 3. The quantitative estimate of drug-likeness (QED) is 0.0586. The predicted molar refractivity (Wildman–Crippen MR) is 290 cm³/mol. The van der Waals surface area contributed by atoms with Crippen LogP contribution in [0.2, 0.25) is 0 Å². The van der Waals surface area contributed by atoms with E-state index >= 15 is 0 Å². The van der Waals surface area contributed by atoms with Crippen LogP contribution in [-0.4, -0.2) is 117 Å². The van der Waals surface area contributed by atoms with Crippen molar-refractivity contribution < 1.29 is 60.5 Å². The van der Waals surface area contributed by atoms with Gasteiger partial charge in [0.25, 0.3) is 11.8 Å². The minimum atomic E-state index is -5.08. The molecule has 79 heavy (non-hydrogen) atoms. The van der Waals surface area contributed by atoms with Crippen molar-refractivity contribution in [3.8, 4) is 22.9 Å². The third kappa shape index (κ3) is 21.2. The lowest BCUT2D eigenvalue weighted by atomic mass is 10.1. The number of nitrogens with one attached hydrogen (secondary N) is 3. The smallest absolute Gasteiger partial charge is 0.475 e. The summed E-state index contributed by atoms with van der Waals surface area (Å²) in [7, 11) is 0. The maximum atomic E-state index is 12.5. The summed E-state index contributed by atoms with van der Waals surface area (Å²) in [6, 6.07) is 22.1. The van der Waals surface area contributed by atoms with E-state index in [0.717, 1.165) is 116 Å². The van der Waals surface area contributed by atoms with Gasteiger partial charge in [0, 0.05) is 86.4 Å². The normalized spacial score (nSPS) is 13.9. The number of aliphatic carboxylic acids is 1. The van der Waals surface area contributed by atoms with Gasteiger partial charge in [-0.15, -0.1) is 12.4 Å². The minimum Gasteiger partial charge on any atom is -0.475 e. The van der Waals surface area contributed by atoms with Gasteiger partial charge in [0.15, 0.2) is 0 Å². The van der Waals surface area contributed by atoms with Crippen molar-refractivity contribution in [2.45, 2.75) is 123 Å². The van der Waals surface area contributed by atoms with Crippen molar-refractivity contribution in [1.82, 2.24) is 40.8 Å². The van der Waals surface area contributed by atoms with E-state index in [1.54, 1.807) is 54.0 Å². The van der Waals surface area contributed by atoms with Gasteiger partial charge in [-0.05, 0) is 171 Å². The van der Waals surface area contributed by atoms with Crippen molar-refractivity contribution in [3.63, 3.8) is 0 Å². The minimum absolute atomic E-state index is 0. The maximum Gasteiger partial charge on any atom is 0.490 e. The first-order chi connectivity index (χ1) is 37.3. The first kappa shape index (κ1) is 62.6. The van der Waals surface area contributed by atoms with Crippen LogP contribution in [0.5, 0.6) is 0 Å². The number of carboxylic acids is 1. The number of rotatable bonds is 18. The topological polar surface area (TPSA) is 233 Å². The van der Waals surface area contributed by atoms with Crippen LogP contribution in [0.4, 0.5) is 18.0 Å². The molecule has 0 saturated carbocycles. The molecule has 0 spiro atoms. The second kappa shape index (κ2) is 30.8. The Hall–Kier alpha value is -7.20. The zero-order chi connectivity index (χ0) is 56.1. The Balaban J connectivity index is 0.000000260. The number of hydrogen-bond donors (Lipinski definition) is 4. The number of benzene rings is 2. The maximum absolute atomic E-state index is 12.5. The molecule has 0 unspecified atom stereocenters. The molecule has 6 heterocycles. The molecule has 2 aliphatic heterocycles. The first-order valence-corrected chi connectivity index (χ1v) is 26.0. The number of carbonyl (C=O) groups excluding carboxylic acids is 3. The van der Waals surface area contributed by atoms with Crippen LogP contribution in [0.15, 0.2) is 106 Å². The van der Waals surface area contributed by atoms with Gasteiger partial charge in [0.05, 0.1) is 23.6 Å². The largest absolute Gasteiger partial charge is 0.490 e. The predicted octanol–water partition coefficient (Wildman–Crippen LogP) is 10.1. The number of oxazole rings is 2. The summed E-state index contributed by atoms with van der Waals surface area (Å²) < 4.78 is 61.0. The number of pyridine rings is 2. The van der Waals surface area contributed by atoms with Gasteiger partial charge in [-0.1, -0.05) is 12.1 Å². The standard InChI is InChI=1S/C30H38N4O5.C25H30N4O3.C2HF3O2.ClH/c1-21-26(8-6-18-37-25-13-16-34(17-14-25)29(36)39-30(2,3)4)33-28(38-21)24-11-9-23(10-12-24)27(35)32-20-22-7-5-15-31-19-22;1-18-23(5-3-15-31-22-10-13-26-14-11-22)29-25(32-18)21-8-6-20(7-9-21)24(30)28-17-19-4-2-12-27-16-19;3-2(4,5)1(6)7;/h5,7,9-12,15,19,25H,6,8,13-14,16-18,20H2,1-4H3,(H,32,35);2,4,6-9,12,16,22,26H,3,5,10-11,13-15,17H2,1H3,(H,28,30);(H,6,7);1H. The lowest BCUT2D eigenvalue weighted by Crippen LogP contribution is -2.43. The third-order valence-electron chi connectivity index (χ3n) is 12.4. The molecule has 18 nitrogen and oxygen atoms in total. The molecule has 0 radical (unpaired) electrons. The van der Waals surface area contributed by atoms with Crippen molar-refractivity contribution >= 4 is 36.3 Å². The van der Waals surface area contributed by atoms with Crippen molar-refractivity contribution in [2.75, 3.05) is 39.4 Å². The highest BCUT2D eigenvalue weighted by Crippen LogP contribution is 2.26.